The monoisotopic (exact) mass is 223 g/mol. The minimum absolute atomic E-state index is 0.0240. The lowest BCUT2D eigenvalue weighted by Crippen LogP contribution is -2.20. The Labute approximate surface area is 96.8 Å². The molecule has 0 spiro atoms. The van der Waals surface area contributed by atoms with Gasteiger partial charge in [0, 0.05) is 16.8 Å². The van der Waals surface area contributed by atoms with E-state index in [0.29, 0.717) is 0 Å². The summed E-state index contributed by atoms with van der Waals surface area (Å²) in [6.07, 6.45) is 0. The van der Waals surface area contributed by atoms with Gasteiger partial charge >= 0.3 is 0 Å². The third-order valence-electron chi connectivity index (χ3n) is 2.45. The first-order chi connectivity index (χ1) is 8.11. The fourth-order valence-corrected chi connectivity index (χ4v) is 1.68. The van der Waals surface area contributed by atoms with Gasteiger partial charge < -0.3 is 15.3 Å². The summed E-state index contributed by atoms with van der Waals surface area (Å²) in [6.45, 7) is 13.7. The van der Waals surface area contributed by atoms with E-state index in [2.05, 4.69) is 9.69 Å². The molecule has 0 bridgehead atoms. The van der Waals surface area contributed by atoms with Gasteiger partial charge in [-0.3, -0.25) is 0 Å². The van der Waals surface area contributed by atoms with Crippen molar-refractivity contribution in [2.75, 3.05) is 5.73 Å². The van der Waals surface area contributed by atoms with Crippen molar-refractivity contribution in [3.63, 3.8) is 0 Å². The molecule has 0 aliphatic heterocycles. The van der Waals surface area contributed by atoms with Crippen LogP contribution in [0.5, 0.6) is 0 Å². The number of carbonyl (C=O) groups is 2. The molecule has 2 rings (SSSR count). The van der Waals surface area contributed by atoms with Crippen molar-refractivity contribution >= 4 is 17.3 Å². The van der Waals surface area contributed by atoms with Gasteiger partial charge in [0.25, 0.3) is 0 Å². The van der Waals surface area contributed by atoms with E-state index >= 15 is 0 Å². The topological polar surface area (TPSA) is 68.9 Å². The van der Waals surface area contributed by atoms with Gasteiger partial charge in [0.05, 0.1) is 13.1 Å². The van der Waals surface area contributed by atoms with Crippen molar-refractivity contribution in [3.8, 4) is 0 Å². The fourth-order valence-electron chi connectivity index (χ4n) is 1.68. The van der Waals surface area contributed by atoms with Crippen LogP contribution in [-0.2, 0) is 0 Å². The molecule has 1 aromatic rings. The molecular formula is C12H5N3O2. The highest BCUT2D eigenvalue weighted by Gasteiger charge is 2.34. The van der Waals surface area contributed by atoms with Crippen molar-refractivity contribution in [1.82, 2.24) is 0 Å². The highest BCUT2D eigenvalue weighted by atomic mass is 16.1. The molecule has 1 aliphatic rings. The lowest BCUT2D eigenvalue weighted by molar-refractivity contribution is 0.0981. The maximum absolute atomic E-state index is 11.9. The third kappa shape index (κ3) is 1.30. The zero-order valence-corrected chi connectivity index (χ0v) is 8.52. The molecule has 0 saturated carbocycles. The minimum atomic E-state index is -0.654. The van der Waals surface area contributed by atoms with Crippen molar-refractivity contribution in [2.24, 2.45) is 0 Å². The van der Waals surface area contributed by atoms with Crippen LogP contribution in [0.1, 0.15) is 20.7 Å². The number of allylic oxidation sites excluding steroid dienone is 2. The van der Waals surface area contributed by atoms with E-state index in [1.165, 1.54) is 18.2 Å². The van der Waals surface area contributed by atoms with E-state index < -0.39 is 23.0 Å². The smallest absolute Gasteiger partial charge is 0.245 e. The molecule has 0 heterocycles. The summed E-state index contributed by atoms with van der Waals surface area (Å²) in [6, 6.07) is 4.44. The van der Waals surface area contributed by atoms with Crippen LogP contribution in [0.15, 0.2) is 29.6 Å². The summed E-state index contributed by atoms with van der Waals surface area (Å²) in [5, 5.41) is 0. The predicted molar refractivity (Wildman–Crippen MR) is 59.7 cm³/mol. The fraction of sp³-hybridized carbons (Fsp3) is 0. The highest BCUT2D eigenvalue weighted by Crippen LogP contribution is 2.31. The molecule has 0 radical (unpaired) electrons. The lowest BCUT2D eigenvalue weighted by atomic mass is 9.89. The molecule has 0 amide bonds. The molecular weight excluding hydrogens is 218 g/mol. The molecule has 1 aromatic carbocycles. The van der Waals surface area contributed by atoms with E-state index in [1.807, 2.05) is 0 Å². The van der Waals surface area contributed by atoms with Gasteiger partial charge in [0.2, 0.25) is 11.4 Å². The second kappa shape index (κ2) is 3.58. The highest BCUT2D eigenvalue weighted by molar-refractivity contribution is 6.29. The van der Waals surface area contributed by atoms with Crippen LogP contribution < -0.4 is 5.73 Å². The second-order valence-corrected chi connectivity index (χ2v) is 3.35. The SMILES string of the molecule is [C-]#[N+]C1=C([N+]#[C-])C(=O)c2c(N)cccc2C1=O. The third-order valence-corrected chi connectivity index (χ3v) is 2.45. The van der Waals surface area contributed by atoms with Crippen LogP contribution in [0, 0.1) is 13.1 Å². The quantitative estimate of drug-likeness (QED) is 0.537. The predicted octanol–water partition coefficient (Wildman–Crippen LogP) is 1.70. The van der Waals surface area contributed by atoms with Crippen LogP contribution >= 0.6 is 0 Å². The molecule has 0 saturated heterocycles. The van der Waals surface area contributed by atoms with Crippen molar-refractivity contribution in [1.29, 1.82) is 0 Å². The average molecular weight is 223 g/mol. The second-order valence-electron chi connectivity index (χ2n) is 3.35. The Morgan fingerprint density at radius 2 is 1.59 bits per heavy atom. The van der Waals surface area contributed by atoms with Gasteiger partial charge in [-0.2, -0.15) is 0 Å². The molecule has 0 fully saturated rings. The normalized spacial score (nSPS) is 14.0. The van der Waals surface area contributed by atoms with Gasteiger partial charge in [-0.1, -0.05) is 12.1 Å². The van der Waals surface area contributed by atoms with E-state index in [-0.39, 0.29) is 16.8 Å². The Morgan fingerprint density at radius 3 is 2.18 bits per heavy atom. The van der Waals surface area contributed by atoms with Crippen LogP contribution in [-0.4, -0.2) is 11.6 Å². The van der Waals surface area contributed by atoms with Gasteiger partial charge in [-0.25, -0.2) is 9.69 Å². The maximum Gasteiger partial charge on any atom is 0.245 e. The van der Waals surface area contributed by atoms with Gasteiger partial charge in [0.1, 0.15) is 0 Å². The number of ketones is 2. The number of Topliss-reactive ketones (excluding diaryl/α,β-unsaturated/α-hetero) is 2. The summed E-state index contributed by atoms with van der Waals surface area (Å²) in [5.74, 6) is -1.27. The van der Waals surface area contributed by atoms with E-state index in [1.54, 1.807) is 0 Å². The number of nitrogens with zero attached hydrogens (tertiary/aromatic N) is 2. The van der Waals surface area contributed by atoms with Gasteiger partial charge in [-0.05, 0) is 6.07 Å². The Balaban J connectivity index is 2.85. The first kappa shape index (κ1) is 10.6. The number of nitrogens with two attached hydrogens (primary N) is 1. The Hall–Kier alpha value is -2.92. The number of fused-ring (bicyclic) bond motifs is 1. The van der Waals surface area contributed by atoms with Crippen LogP contribution in [0.3, 0.4) is 0 Å². The van der Waals surface area contributed by atoms with Crippen LogP contribution in [0.4, 0.5) is 5.69 Å². The zero-order valence-electron chi connectivity index (χ0n) is 8.52. The van der Waals surface area contributed by atoms with Gasteiger partial charge in [-0.15, -0.1) is 0 Å². The minimum Gasteiger partial charge on any atom is -0.398 e. The summed E-state index contributed by atoms with van der Waals surface area (Å²) in [5.41, 5.74) is 5.00. The maximum atomic E-state index is 11.9. The first-order valence-corrected chi connectivity index (χ1v) is 4.59. The molecule has 5 heteroatoms. The largest absolute Gasteiger partial charge is 0.398 e. The number of anilines is 1. The Bertz CT molecular complexity index is 672. The molecule has 1 aliphatic carbocycles. The van der Waals surface area contributed by atoms with Crippen molar-refractivity contribution in [3.05, 3.63) is 63.6 Å². The molecule has 17 heavy (non-hydrogen) atoms. The molecule has 0 atom stereocenters. The zero-order chi connectivity index (χ0) is 12.6. The number of benzene rings is 1. The molecule has 0 aromatic heterocycles. The number of nitrogen functional groups attached to an aromatic ring is 1. The number of carbonyl (C=O) groups excluding carboxylic acids is 2. The van der Waals surface area contributed by atoms with Crippen LogP contribution in [0.25, 0.3) is 9.69 Å². The van der Waals surface area contributed by atoms with Crippen molar-refractivity contribution < 1.29 is 9.59 Å². The molecule has 0 unspecified atom stereocenters. The summed E-state index contributed by atoms with van der Waals surface area (Å²) < 4.78 is 0. The summed E-state index contributed by atoms with van der Waals surface area (Å²) in [4.78, 5) is 29.8. The summed E-state index contributed by atoms with van der Waals surface area (Å²) >= 11 is 0. The number of rotatable bonds is 0. The first-order valence-electron chi connectivity index (χ1n) is 4.59. The van der Waals surface area contributed by atoms with Gasteiger partial charge in [0.15, 0.2) is 11.6 Å². The average Bonchev–Trinajstić information content (AvgIpc) is 2.33. The van der Waals surface area contributed by atoms with E-state index in [0.717, 1.165) is 0 Å². The van der Waals surface area contributed by atoms with Crippen molar-refractivity contribution in [2.45, 2.75) is 0 Å². The number of hydrogen-bond donors (Lipinski definition) is 1. The van der Waals surface area contributed by atoms with Crippen LogP contribution in [0.2, 0.25) is 0 Å². The molecule has 5 nitrogen and oxygen atoms in total. The lowest BCUT2D eigenvalue weighted by Gasteiger charge is -2.15. The molecule has 2 N–H and O–H groups in total. The summed E-state index contributed by atoms with van der Waals surface area (Å²) in [7, 11) is 0. The Morgan fingerprint density at radius 1 is 1.00 bits per heavy atom. The Kier molecular flexibility index (Phi) is 2.23. The molecule has 80 valence electrons. The standard InChI is InChI=1S/C12H5N3O2/c1-14-9-10(15-2)12(17)8-6(11(9)16)4-3-5-7(8)13/h3-5H,13H2. The van der Waals surface area contributed by atoms with E-state index in [4.69, 9.17) is 18.9 Å². The van der Waals surface area contributed by atoms with E-state index in [9.17, 15) is 9.59 Å². The number of hydrogen-bond acceptors (Lipinski definition) is 3.